The Hall–Kier alpha value is -6.68. The van der Waals surface area contributed by atoms with Crippen LogP contribution in [0, 0.1) is 0 Å². The molecule has 0 amide bonds. The van der Waals surface area contributed by atoms with Gasteiger partial charge in [0.2, 0.25) is 0 Å². The molecule has 1 aliphatic rings. The van der Waals surface area contributed by atoms with Crippen molar-refractivity contribution < 1.29 is 0 Å². The molecule has 1 aliphatic carbocycles. The zero-order valence-corrected chi connectivity index (χ0v) is 29.4. The van der Waals surface area contributed by atoms with Gasteiger partial charge in [0.15, 0.2) is 0 Å². The number of para-hydroxylation sites is 2. The predicted molar refractivity (Wildman–Crippen MR) is 228 cm³/mol. The zero-order valence-electron chi connectivity index (χ0n) is 28.6. The third kappa shape index (κ3) is 4.08. The van der Waals surface area contributed by atoms with Crippen LogP contribution in [-0.4, -0.2) is 4.57 Å². The highest BCUT2D eigenvalue weighted by atomic mass is 32.1. The molecule has 2 nitrogen and oxygen atoms in total. The van der Waals surface area contributed by atoms with E-state index < -0.39 is 0 Å². The predicted octanol–water partition coefficient (Wildman–Crippen LogP) is 14.6. The van der Waals surface area contributed by atoms with Gasteiger partial charge in [0.25, 0.3) is 0 Å². The molecule has 0 atom stereocenters. The Morgan fingerprint density at radius 1 is 0.396 bits per heavy atom. The average molecular weight is 691 g/mol. The Morgan fingerprint density at radius 2 is 1.08 bits per heavy atom. The van der Waals surface area contributed by atoms with Gasteiger partial charge in [0.1, 0.15) is 0 Å². The lowest BCUT2D eigenvalue weighted by Crippen LogP contribution is -2.11. The zero-order chi connectivity index (χ0) is 34.6. The van der Waals surface area contributed by atoms with E-state index >= 15 is 0 Å². The van der Waals surface area contributed by atoms with Gasteiger partial charge >= 0.3 is 0 Å². The van der Waals surface area contributed by atoms with Crippen LogP contribution in [0.2, 0.25) is 0 Å². The van der Waals surface area contributed by atoms with Gasteiger partial charge in [-0.05, 0) is 105 Å². The van der Waals surface area contributed by atoms with Crippen molar-refractivity contribution in [3.8, 4) is 27.9 Å². The summed E-state index contributed by atoms with van der Waals surface area (Å²) < 4.78 is 5.03. The van der Waals surface area contributed by atoms with E-state index in [9.17, 15) is 0 Å². The Kier molecular flexibility index (Phi) is 5.96. The van der Waals surface area contributed by atoms with Crippen LogP contribution in [0.4, 0.5) is 17.1 Å². The molecule has 0 bridgehead atoms. The lowest BCUT2D eigenvalue weighted by Gasteiger charge is -2.28. The van der Waals surface area contributed by atoms with E-state index in [2.05, 4.69) is 191 Å². The highest BCUT2D eigenvalue weighted by Crippen LogP contribution is 2.56. The minimum atomic E-state index is 1.12. The van der Waals surface area contributed by atoms with Gasteiger partial charge < -0.3 is 9.47 Å². The van der Waals surface area contributed by atoms with Crippen molar-refractivity contribution >= 4 is 91.9 Å². The molecule has 246 valence electrons. The molecule has 9 aromatic carbocycles. The summed E-state index contributed by atoms with van der Waals surface area (Å²) in [6.07, 6.45) is 0. The highest BCUT2D eigenvalue weighted by Gasteiger charge is 2.29. The Morgan fingerprint density at radius 3 is 2.00 bits per heavy atom. The van der Waals surface area contributed by atoms with Crippen molar-refractivity contribution in [3.63, 3.8) is 0 Å². The van der Waals surface area contributed by atoms with Crippen LogP contribution in [0.1, 0.15) is 0 Å². The van der Waals surface area contributed by atoms with Crippen LogP contribution >= 0.6 is 11.3 Å². The second kappa shape index (κ2) is 10.9. The maximum atomic E-state index is 2.50. The molecular weight excluding hydrogens is 661 g/mol. The number of fused-ring (bicyclic) bond motifs is 11. The van der Waals surface area contributed by atoms with E-state index in [0.717, 1.165) is 17.1 Å². The van der Waals surface area contributed by atoms with Gasteiger partial charge in [-0.15, -0.1) is 11.3 Å². The average Bonchev–Trinajstić information content (AvgIpc) is 3.87. The largest absolute Gasteiger partial charge is 0.310 e. The lowest BCUT2D eigenvalue weighted by atomic mass is 9.96. The lowest BCUT2D eigenvalue weighted by molar-refractivity contribution is 1.18. The molecule has 0 unspecified atom stereocenters. The number of rotatable bonds is 4. The first-order valence-electron chi connectivity index (χ1n) is 18.2. The monoisotopic (exact) mass is 690 g/mol. The van der Waals surface area contributed by atoms with Gasteiger partial charge in [-0.3, -0.25) is 0 Å². The van der Waals surface area contributed by atoms with Crippen molar-refractivity contribution in [2.24, 2.45) is 0 Å². The van der Waals surface area contributed by atoms with Crippen molar-refractivity contribution in [2.75, 3.05) is 4.90 Å². The number of nitrogens with zero attached hydrogens (tertiary/aromatic N) is 2. The summed E-state index contributed by atoms with van der Waals surface area (Å²) in [6, 6.07) is 67.3. The summed E-state index contributed by atoms with van der Waals surface area (Å²) in [5.41, 5.74) is 12.2. The molecule has 0 fully saturated rings. The maximum Gasteiger partial charge on any atom is 0.0561 e. The molecule has 2 heterocycles. The number of aromatic nitrogens is 1. The summed E-state index contributed by atoms with van der Waals surface area (Å²) in [5, 5.41) is 10.3. The summed E-state index contributed by atoms with van der Waals surface area (Å²) in [7, 11) is 0. The first-order chi connectivity index (χ1) is 26.3. The van der Waals surface area contributed by atoms with Gasteiger partial charge in [-0.2, -0.15) is 0 Å². The standard InChI is InChI=1S/C50H30N2S/c1-2-14-33(15-3-1)52-43-21-8-6-17-37(43)38-26-24-35(30-45(38)52)51(34-25-27-47-42(29-34)39-18-7-9-23-46(39)53-47)44-22-11-20-41-49(44)40-19-10-13-32-28-31-12-4-5-16-36(31)50(41)48(32)40/h1-30H. The van der Waals surface area contributed by atoms with Crippen LogP contribution < -0.4 is 4.90 Å². The molecule has 53 heavy (non-hydrogen) atoms. The fourth-order valence-electron chi connectivity index (χ4n) is 9.06. The Bertz CT molecular complexity index is 3290. The molecule has 0 spiro atoms. The molecule has 0 saturated carbocycles. The fourth-order valence-corrected chi connectivity index (χ4v) is 10.1. The molecule has 0 radical (unpaired) electrons. The number of anilines is 3. The SMILES string of the molecule is c1ccc(-n2c3ccccc3c3ccc(N(c4ccc5sc6ccccc6c5c4)c4cccc5c4-c4cccc6cc7ccccc7c-5c46)cc32)cc1. The fraction of sp³-hybridized carbons (Fsp3) is 0. The summed E-state index contributed by atoms with van der Waals surface area (Å²) in [6.45, 7) is 0. The van der Waals surface area contributed by atoms with Gasteiger partial charge in [0.05, 0.1) is 16.7 Å². The smallest absolute Gasteiger partial charge is 0.0561 e. The molecule has 12 rings (SSSR count). The summed E-state index contributed by atoms with van der Waals surface area (Å²) in [5.74, 6) is 0. The topological polar surface area (TPSA) is 8.17 Å². The molecule has 2 aromatic heterocycles. The van der Waals surface area contributed by atoms with E-state index in [-0.39, 0.29) is 0 Å². The quantitative estimate of drug-likeness (QED) is 0.167. The number of hydrogen-bond donors (Lipinski definition) is 0. The second-order valence-corrected chi connectivity index (χ2v) is 15.2. The maximum absolute atomic E-state index is 2.50. The molecule has 0 saturated heterocycles. The summed E-state index contributed by atoms with van der Waals surface area (Å²) in [4.78, 5) is 2.50. The Balaban J connectivity index is 1.18. The van der Waals surface area contributed by atoms with Gasteiger partial charge in [-0.25, -0.2) is 0 Å². The molecular formula is C50H30N2S. The third-order valence-corrected chi connectivity index (χ3v) is 12.4. The van der Waals surface area contributed by atoms with Crippen LogP contribution in [0.5, 0.6) is 0 Å². The van der Waals surface area contributed by atoms with Gasteiger partial charge in [0, 0.05) is 53.6 Å². The normalized spacial score (nSPS) is 12.2. The van der Waals surface area contributed by atoms with Crippen molar-refractivity contribution in [1.82, 2.24) is 4.57 Å². The van der Waals surface area contributed by atoms with Crippen molar-refractivity contribution in [3.05, 3.63) is 182 Å². The van der Waals surface area contributed by atoms with E-state index in [1.165, 1.54) is 91.5 Å². The molecule has 3 heteroatoms. The van der Waals surface area contributed by atoms with Crippen molar-refractivity contribution in [1.29, 1.82) is 0 Å². The van der Waals surface area contributed by atoms with E-state index in [1.807, 2.05) is 11.3 Å². The molecule has 0 N–H and O–H groups in total. The number of benzene rings is 9. The minimum Gasteiger partial charge on any atom is -0.310 e. The number of hydrogen-bond acceptors (Lipinski definition) is 2. The van der Waals surface area contributed by atoms with E-state index in [0.29, 0.717) is 0 Å². The van der Waals surface area contributed by atoms with E-state index in [4.69, 9.17) is 0 Å². The van der Waals surface area contributed by atoms with Crippen LogP contribution in [0.3, 0.4) is 0 Å². The second-order valence-electron chi connectivity index (χ2n) is 14.1. The first-order valence-corrected chi connectivity index (χ1v) is 19.0. The Labute approximate surface area is 310 Å². The van der Waals surface area contributed by atoms with Crippen LogP contribution in [0.25, 0.3) is 91.5 Å². The minimum absolute atomic E-state index is 1.12. The third-order valence-electron chi connectivity index (χ3n) is 11.3. The number of thiophene rings is 1. The summed E-state index contributed by atoms with van der Waals surface area (Å²) >= 11 is 1.86. The first kappa shape index (κ1) is 29.0. The van der Waals surface area contributed by atoms with Crippen LogP contribution in [-0.2, 0) is 0 Å². The highest BCUT2D eigenvalue weighted by molar-refractivity contribution is 7.25. The van der Waals surface area contributed by atoms with Crippen molar-refractivity contribution in [2.45, 2.75) is 0 Å². The molecule has 11 aromatic rings. The van der Waals surface area contributed by atoms with Gasteiger partial charge in [-0.1, -0.05) is 115 Å². The molecule has 0 aliphatic heterocycles. The van der Waals surface area contributed by atoms with E-state index in [1.54, 1.807) is 0 Å². The van der Waals surface area contributed by atoms with Crippen LogP contribution in [0.15, 0.2) is 182 Å².